The molecule has 1 amide bonds. The lowest BCUT2D eigenvalue weighted by atomic mass is 9.77. The summed E-state index contributed by atoms with van der Waals surface area (Å²) in [6, 6.07) is 5.86. The first-order chi connectivity index (χ1) is 13.8. The van der Waals surface area contributed by atoms with E-state index in [0.717, 1.165) is 21.9 Å². The zero-order chi connectivity index (χ0) is 22.3. The van der Waals surface area contributed by atoms with Crippen molar-refractivity contribution in [2.45, 2.75) is 65.3 Å². The average molecular weight is 433 g/mol. The fraction of sp³-hybridized carbons (Fsp3) is 0.500. The number of fused-ring (bicyclic) bond motifs is 1. The Hall–Kier alpha value is -1.96. The van der Waals surface area contributed by atoms with Gasteiger partial charge in [0.15, 0.2) is 0 Å². The second kappa shape index (κ2) is 7.95. The number of nitrogens with one attached hydrogen (secondary N) is 2. The number of carbonyl (C=O) groups is 1. The number of aromatic amines is 1. The molecular formula is C22H30BClN2O4. The normalized spacial score (nSPS) is 18.7. The Bertz CT molecular complexity index is 959. The van der Waals surface area contributed by atoms with Gasteiger partial charge in [-0.1, -0.05) is 17.7 Å². The first kappa shape index (κ1) is 22.7. The van der Waals surface area contributed by atoms with Gasteiger partial charge in [-0.15, -0.1) is 0 Å². The maximum atomic E-state index is 12.2. The van der Waals surface area contributed by atoms with Crippen molar-refractivity contribution >= 4 is 41.8 Å². The Morgan fingerprint density at radius 1 is 1.23 bits per heavy atom. The molecule has 1 aromatic heterocycles. The highest BCUT2D eigenvalue weighted by atomic mass is 35.5. The van der Waals surface area contributed by atoms with Gasteiger partial charge >= 0.3 is 13.2 Å². The Kier molecular flexibility index (Phi) is 6.02. The van der Waals surface area contributed by atoms with Gasteiger partial charge in [0.25, 0.3) is 0 Å². The number of aromatic nitrogens is 1. The average Bonchev–Trinajstić information content (AvgIpc) is 3.10. The van der Waals surface area contributed by atoms with Crippen LogP contribution in [0, 0.1) is 0 Å². The number of carbonyl (C=O) groups excluding carboxylic acids is 1. The molecule has 0 unspecified atom stereocenters. The standard InChI is InChI=1S/C22H30BClN2O4/c1-20(2,3)28-19(27)26-13-16(23-29-21(4,5)22(6,7)30-23)11-15-10-14-8-9-25-18(14)12-17(15)24/h8-12,25H,13H2,1-7H3,(H,26,27). The molecule has 2 heterocycles. The summed E-state index contributed by atoms with van der Waals surface area (Å²) in [4.78, 5) is 15.4. The van der Waals surface area contributed by atoms with Gasteiger partial charge in [0, 0.05) is 28.7 Å². The summed E-state index contributed by atoms with van der Waals surface area (Å²) in [5, 5.41) is 4.44. The molecule has 0 spiro atoms. The van der Waals surface area contributed by atoms with Crippen molar-refractivity contribution in [2.24, 2.45) is 0 Å². The molecule has 1 aliphatic rings. The minimum atomic E-state index is -0.622. The molecule has 30 heavy (non-hydrogen) atoms. The van der Waals surface area contributed by atoms with E-state index in [2.05, 4.69) is 10.3 Å². The van der Waals surface area contributed by atoms with Gasteiger partial charge in [0.2, 0.25) is 0 Å². The number of rotatable bonds is 4. The summed E-state index contributed by atoms with van der Waals surface area (Å²) in [7, 11) is -0.622. The van der Waals surface area contributed by atoms with Crippen LogP contribution in [0.15, 0.2) is 29.9 Å². The summed E-state index contributed by atoms with van der Waals surface area (Å²) < 4.78 is 17.8. The van der Waals surface area contributed by atoms with Crippen molar-refractivity contribution in [1.82, 2.24) is 10.3 Å². The first-order valence-corrected chi connectivity index (χ1v) is 10.4. The molecule has 1 aromatic carbocycles. The molecular weight excluding hydrogens is 403 g/mol. The van der Waals surface area contributed by atoms with E-state index in [9.17, 15) is 4.79 Å². The molecule has 1 aliphatic heterocycles. The Morgan fingerprint density at radius 3 is 2.47 bits per heavy atom. The molecule has 0 bridgehead atoms. The topological polar surface area (TPSA) is 72.6 Å². The SMILES string of the molecule is CC(C)(C)OC(=O)NCC(=Cc1cc2cc[nH]c2cc1Cl)B1OC(C)(C)C(C)(C)O1. The summed E-state index contributed by atoms with van der Waals surface area (Å²) >= 11 is 6.51. The lowest BCUT2D eigenvalue weighted by molar-refractivity contribution is 0.00578. The van der Waals surface area contributed by atoms with Crippen LogP contribution in [0.5, 0.6) is 0 Å². The maximum Gasteiger partial charge on any atom is 0.492 e. The van der Waals surface area contributed by atoms with Gasteiger partial charge < -0.3 is 24.3 Å². The Labute approximate surface area is 183 Å². The maximum absolute atomic E-state index is 12.2. The molecule has 3 rings (SSSR count). The van der Waals surface area contributed by atoms with E-state index in [1.54, 1.807) is 0 Å². The van der Waals surface area contributed by atoms with E-state index in [1.807, 2.05) is 78.9 Å². The van der Waals surface area contributed by atoms with Crippen LogP contribution in [0.4, 0.5) is 4.79 Å². The van der Waals surface area contributed by atoms with Crippen LogP contribution in [0.1, 0.15) is 54.0 Å². The largest absolute Gasteiger partial charge is 0.492 e. The molecule has 2 N–H and O–H groups in total. The zero-order valence-electron chi connectivity index (χ0n) is 18.7. The number of amides is 1. The van der Waals surface area contributed by atoms with Gasteiger partial charge in [-0.25, -0.2) is 4.79 Å². The van der Waals surface area contributed by atoms with E-state index >= 15 is 0 Å². The third-order valence-corrected chi connectivity index (χ3v) is 5.73. The van der Waals surface area contributed by atoms with Crippen LogP contribution in [-0.2, 0) is 14.0 Å². The van der Waals surface area contributed by atoms with Crippen LogP contribution in [0.3, 0.4) is 0 Å². The number of hydrogen-bond donors (Lipinski definition) is 2. The molecule has 6 nitrogen and oxygen atoms in total. The van der Waals surface area contributed by atoms with Crippen molar-refractivity contribution < 1.29 is 18.8 Å². The second-order valence-corrected chi connectivity index (χ2v) is 10.0. The van der Waals surface area contributed by atoms with E-state index in [4.69, 9.17) is 25.6 Å². The van der Waals surface area contributed by atoms with Crippen molar-refractivity contribution in [3.05, 3.63) is 40.5 Å². The number of benzene rings is 1. The molecule has 0 radical (unpaired) electrons. The van der Waals surface area contributed by atoms with Gasteiger partial charge in [-0.05, 0) is 77.7 Å². The van der Waals surface area contributed by atoms with Crippen LogP contribution in [0.25, 0.3) is 17.0 Å². The van der Waals surface area contributed by atoms with Gasteiger partial charge in [0.1, 0.15) is 5.60 Å². The van der Waals surface area contributed by atoms with E-state index in [-0.39, 0.29) is 6.54 Å². The quantitative estimate of drug-likeness (QED) is 0.638. The summed E-state index contributed by atoms with van der Waals surface area (Å²) in [6.07, 6.45) is 3.28. The molecule has 0 atom stereocenters. The molecule has 0 saturated carbocycles. The Morgan fingerprint density at radius 2 is 1.87 bits per heavy atom. The summed E-state index contributed by atoms with van der Waals surface area (Å²) in [5.41, 5.74) is 0.937. The molecule has 2 aromatic rings. The number of halogens is 1. The highest BCUT2D eigenvalue weighted by molar-refractivity contribution is 6.56. The first-order valence-electron chi connectivity index (χ1n) is 10.1. The monoisotopic (exact) mass is 432 g/mol. The molecule has 162 valence electrons. The fourth-order valence-corrected chi connectivity index (χ4v) is 3.31. The molecule has 1 saturated heterocycles. The molecule has 0 aliphatic carbocycles. The van der Waals surface area contributed by atoms with Crippen molar-refractivity contribution in [1.29, 1.82) is 0 Å². The minimum Gasteiger partial charge on any atom is -0.444 e. The molecule has 1 fully saturated rings. The third kappa shape index (κ3) is 5.02. The lowest BCUT2D eigenvalue weighted by Crippen LogP contribution is -2.41. The number of ether oxygens (including phenoxy) is 1. The van der Waals surface area contributed by atoms with Crippen LogP contribution < -0.4 is 5.32 Å². The fourth-order valence-electron chi connectivity index (χ4n) is 3.09. The van der Waals surface area contributed by atoms with Crippen LogP contribution in [0.2, 0.25) is 5.02 Å². The van der Waals surface area contributed by atoms with E-state index in [0.29, 0.717) is 5.02 Å². The highest BCUT2D eigenvalue weighted by Gasteiger charge is 2.52. The van der Waals surface area contributed by atoms with Crippen LogP contribution in [-0.4, -0.2) is 41.5 Å². The van der Waals surface area contributed by atoms with Crippen molar-refractivity contribution in [3.63, 3.8) is 0 Å². The number of hydrogen-bond acceptors (Lipinski definition) is 4. The molecule has 8 heteroatoms. The smallest absolute Gasteiger partial charge is 0.444 e. The van der Waals surface area contributed by atoms with E-state index in [1.165, 1.54) is 0 Å². The minimum absolute atomic E-state index is 0.202. The Balaban J connectivity index is 1.91. The zero-order valence-corrected chi connectivity index (χ0v) is 19.4. The highest BCUT2D eigenvalue weighted by Crippen LogP contribution is 2.39. The number of alkyl carbamates (subject to hydrolysis) is 1. The predicted octanol–water partition coefficient (Wildman–Crippen LogP) is 5.36. The summed E-state index contributed by atoms with van der Waals surface area (Å²) in [5.74, 6) is 0. The summed E-state index contributed by atoms with van der Waals surface area (Å²) in [6.45, 7) is 13.6. The van der Waals surface area contributed by atoms with Crippen LogP contribution >= 0.6 is 11.6 Å². The van der Waals surface area contributed by atoms with Gasteiger partial charge in [-0.3, -0.25) is 0 Å². The predicted molar refractivity (Wildman–Crippen MR) is 122 cm³/mol. The van der Waals surface area contributed by atoms with Gasteiger partial charge in [-0.2, -0.15) is 0 Å². The van der Waals surface area contributed by atoms with E-state index < -0.39 is 30.0 Å². The van der Waals surface area contributed by atoms with Crippen molar-refractivity contribution in [2.75, 3.05) is 6.54 Å². The lowest BCUT2D eigenvalue weighted by Gasteiger charge is -2.32. The van der Waals surface area contributed by atoms with Gasteiger partial charge in [0.05, 0.1) is 11.2 Å². The second-order valence-electron chi connectivity index (χ2n) is 9.60. The number of H-pyrrole nitrogens is 1. The van der Waals surface area contributed by atoms with Crippen molar-refractivity contribution in [3.8, 4) is 0 Å². The third-order valence-electron chi connectivity index (χ3n) is 5.40.